The molecular weight excluding hydrogens is 408 g/mol. The van der Waals surface area contributed by atoms with Crippen LogP contribution in [0.5, 0.6) is 0 Å². The van der Waals surface area contributed by atoms with Crippen molar-refractivity contribution in [3.8, 4) is 0 Å². The van der Waals surface area contributed by atoms with Crippen LogP contribution in [0.25, 0.3) is 0 Å². The zero-order chi connectivity index (χ0) is 23.0. The lowest BCUT2D eigenvalue weighted by atomic mass is 9.52. The van der Waals surface area contributed by atoms with Gasteiger partial charge >= 0.3 is 0 Å². The number of fused-ring (bicyclic) bond motifs is 4. The fourth-order valence-electron chi connectivity index (χ4n) is 8.27. The van der Waals surface area contributed by atoms with E-state index >= 15 is 0 Å². The molecule has 0 amide bonds. The third-order valence-corrected chi connectivity index (χ3v) is 10.0. The van der Waals surface area contributed by atoms with Gasteiger partial charge in [0.05, 0.1) is 13.2 Å². The number of carbonyl (C=O) groups excluding carboxylic acids is 1. The fraction of sp³-hybridized carbons (Fsp3) is 0.700. The van der Waals surface area contributed by atoms with E-state index in [1.807, 2.05) is 0 Å². The highest BCUT2D eigenvalue weighted by Crippen LogP contribution is 2.63. The molecule has 1 heterocycles. The van der Waals surface area contributed by atoms with E-state index in [-0.39, 0.29) is 16.6 Å². The Morgan fingerprint density at radius 3 is 2.36 bits per heavy atom. The molecule has 4 fully saturated rings. The van der Waals surface area contributed by atoms with Crippen molar-refractivity contribution in [3.63, 3.8) is 0 Å². The van der Waals surface area contributed by atoms with Crippen LogP contribution in [0, 0.1) is 23.2 Å². The maximum atomic E-state index is 13.2. The van der Waals surface area contributed by atoms with Gasteiger partial charge < -0.3 is 9.47 Å². The quantitative estimate of drug-likeness (QED) is 0.448. The molecule has 0 aromatic heterocycles. The zero-order valence-electron chi connectivity index (χ0n) is 20.9. The van der Waals surface area contributed by atoms with E-state index in [9.17, 15) is 4.79 Å². The minimum Gasteiger partial charge on any atom is -0.348 e. The second kappa shape index (κ2) is 7.52. The standard InChI is InChI=1S/C30H40O3/c1-28(2,3)21-8-5-19(6-9-21)24-18-29(4)25(11-12-26(29)31)23-10-7-20-17-30(32-15-16-33-30)14-13-22(20)27(23)24/h5-6,8-9,20,23-25H,7,10-18H2,1-4H3. The number of hydrogen-bond donors (Lipinski definition) is 0. The Bertz CT molecular complexity index is 975. The van der Waals surface area contributed by atoms with Gasteiger partial charge in [-0.05, 0) is 66.4 Å². The van der Waals surface area contributed by atoms with E-state index in [0.717, 1.165) is 51.7 Å². The molecule has 1 spiro atoms. The predicted molar refractivity (Wildman–Crippen MR) is 130 cm³/mol. The second-order valence-electron chi connectivity index (χ2n) is 12.8. The summed E-state index contributed by atoms with van der Waals surface area (Å²) in [6.07, 6.45) is 8.44. The molecule has 6 rings (SSSR count). The van der Waals surface area contributed by atoms with Crippen LogP contribution in [0.15, 0.2) is 35.4 Å². The predicted octanol–water partition coefficient (Wildman–Crippen LogP) is 6.71. The Hall–Kier alpha value is -1.45. The second-order valence-corrected chi connectivity index (χ2v) is 12.8. The highest BCUT2D eigenvalue weighted by molar-refractivity contribution is 5.87. The summed E-state index contributed by atoms with van der Waals surface area (Å²) < 4.78 is 12.3. The van der Waals surface area contributed by atoms with Gasteiger partial charge in [0, 0.05) is 30.6 Å². The first-order valence-electron chi connectivity index (χ1n) is 13.3. The molecule has 1 aromatic carbocycles. The van der Waals surface area contributed by atoms with E-state index in [1.54, 1.807) is 11.1 Å². The first-order chi connectivity index (χ1) is 15.7. The van der Waals surface area contributed by atoms with Crippen LogP contribution in [-0.2, 0) is 19.7 Å². The Balaban J connectivity index is 1.42. The van der Waals surface area contributed by atoms with Gasteiger partial charge in [-0.3, -0.25) is 4.79 Å². The van der Waals surface area contributed by atoms with E-state index < -0.39 is 0 Å². The molecule has 3 heteroatoms. The fourth-order valence-corrected chi connectivity index (χ4v) is 8.27. The molecule has 33 heavy (non-hydrogen) atoms. The van der Waals surface area contributed by atoms with E-state index in [2.05, 4.69) is 52.0 Å². The molecule has 0 N–H and O–H groups in total. The minimum atomic E-state index is -0.322. The number of allylic oxidation sites excluding steroid dienone is 2. The molecule has 178 valence electrons. The van der Waals surface area contributed by atoms with Crippen molar-refractivity contribution >= 4 is 5.78 Å². The number of Topliss-reactive ketones (excluding diaryl/α,β-unsaturated/α-hetero) is 1. The number of hydrogen-bond acceptors (Lipinski definition) is 3. The summed E-state index contributed by atoms with van der Waals surface area (Å²) in [5.74, 6) is 2.27. The van der Waals surface area contributed by atoms with Crippen molar-refractivity contribution in [1.29, 1.82) is 0 Å². The lowest BCUT2D eigenvalue weighted by Gasteiger charge is -2.52. The van der Waals surface area contributed by atoms with E-state index in [4.69, 9.17) is 9.47 Å². The number of rotatable bonds is 1. The summed E-state index contributed by atoms with van der Waals surface area (Å²) in [7, 11) is 0. The summed E-state index contributed by atoms with van der Waals surface area (Å²) in [5, 5.41) is 0. The lowest BCUT2D eigenvalue weighted by molar-refractivity contribution is -0.181. The van der Waals surface area contributed by atoms with E-state index in [0.29, 0.717) is 29.5 Å². The summed E-state index contributed by atoms with van der Waals surface area (Å²) >= 11 is 0. The van der Waals surface area contributed by atoms with Crippen LogP contribution in [0.2, 0.25) is 0 Å². The maximum Gasteiger partial charge on any atom is 0.169 e. The van der Waals surface area contributed by atoms with Crippen LogP contribution in [0.3, 0.4) is 0 Å². The molecule has 0 radical (unpaired) electrons. The van der Waals surface area contributed by atoms with Gasteiger partial charge in [0.15, 0.2) is 5.79 Å². The normalized spacial score (nSPS) is 37.8. The van der Waals surface area contributed by atoms with Crippen LogP contribution in [0.4, 0.5) is 0 Å². The average Bonchev–Trinajstić information content (AvgIpc) is 3.36. The average molecular weight is 449 g/mol. The Kier molecular flexibility index (Phi) is 5.02. The van der Waals surface area contributed by atoms with Crippen molar-refractivity contribution in [2.45, 2.75) is 96.2 Å². The van der Waals surface area contributed by atoms with E-state index in [1.165, 1.54) is 24.0 Å². The number of ether oxygens (including phenoxy) is 2. The van der Waals surface area contributed by atoms with Gasteiger partial charge in [0.25, 0.3) is 0 Å². The Labute approximate surface area is 199 Å². The van der Waals surface area contributed by atoms with Gasteiger partial charge in [-0.25, -0.2) is 0 Å². The summed E-state index contributed by atoms with van der Waals surface area (Å²) in [4.78, 5) is 13.2. The zero-order valence-corrected chi connectivity index (χ0v) is 20.9. The molecule has 3 saturated carbocycles. The molecular formula is C30H40O3. The topological polar surface area (TPSA) is 35.5 Å². The number of benzene rings is 1. The lowest BCUT2D eigenvalue weighted by Crippen LogP contribution is -2.46. The first kappa shape index (κ1) is 22.0. The first-order valence-corrected chi connectivity index (χ1v) is 13.3. The molecule has 1 saturated heterocycles. The molecule has 1 aliphatic heterocycles. The smallest absolute Gasteiger partial charge is 0.169 e. The van der Waals surface area contributed by atoms with Gasteiger partial charge in [0.1, 0.15) is 5.78 Å². The number of ketones is 1. The van der Waals surface area contributed by atoms with Crippen LogP contribution >= 0.6 is 0 Å². The SMILES string of the molecule is CC(C)(C)c1ccc(C2CC3(C)C(=O)CCC3C3CCC4CC5(CCC4=C23)OCCO5)cc1. The van der Waals surface area contributed by atoms with Gasteiger partial charge in [-0.1, -0.05) is 63.1 Å². The number of carbonyl (C=O) groups is 1. The molecule has 5 unspecified atom stereocenters. The Morgan fingerprint density at radius 1 is 0.939 bits per heavy atom. The van der Waals surface area contributed by atoms with Gasteiger partial charge in [-0.2, -0.15) is 0 Å². The van der Waals surface area contributed by atoms with Gasteiger partial charge in [0.2, 0.25) is 0 Å². The van der Waals surface area contributed by atoms with Crippen molar-refractivity contribution in [3.05, 3.63) is 46.5 Å². The van der Waals surface area contributed by atoms with Crippen LogP contribution < -0.4 is 0 Å². The highest BCUT2D eigenvalue weighted by atomic mass is 16.7. The summed E-state index contributed by atoms with van der Waals surface area (Å²) in [6, 6.07) is 9.40. The molecule has 4 aliphatic carbocycles. The molecule has 5 atom stereocenters. The molecule has 3 nitrogen and oxygen atoms in total. The van der Waals surface area contributed by atoms with Crippen molar-refractivity contribution in [1.82, 2.24) is 0 Å². The van der Waals surface area contributed by atoms with Crippen LogP contribution in [-0.4, -0.2) is 24.8 Å². The Morgan fingerprint density at radius 2 is 1.67 bits per heavy atom. The third kappa shape index (κ3) is 3.40. The summed E-state index contributed by atoms with van der Waals surface area (Å²) in [5.41, 5.74) is 6.24. The summed E-state index contributed by atoms with van der Waals surface area (Å²) in [6.45, 7) is 10.6. The molecule has 0 bridgehead atoms. The highest BCUT2D eigenvalue weighted by Gasteiger charge is 2.57. The van der Waals surface area contributed by atoms with Crippen LogP contribution in [0.1, 0.15) is 96.1 Å². The third-order valence-electron chi connectivity index (χ3n) is 10.0. The minimum absolute atomic E-state index is 0.150. The molecule has 5 aliphatic rings. The maximum absolute atomic E-state index is 13.2. The largest absolute Gasteiger partial charge is 0.348 e. The van der Waals surface area contributed by atoms with Crippen molar-refractivity contribution < 1.29 is 14.3 Å². The van der Waals surface area contributed by atoms with Crippen molar-refractivity contribution in [2.24, 2.45) is 23.2 Å². The van der Waals surface area contributed by atoms with Gasteiger partial charge in [-0.15, -0.1) is 0 Å². The monoisotopic (exact) mass is 448 g/mol. The molecule has 1 aromatic rings. The van der Waals surface area contributed by atoms with Crippen molar-refractivity contribution in [2.75, 3.05) is 13.2 Å².